The summed E-state index contributed by atoms with van der Waals surface area (Å²) in [6.45, 7) is 0.362. The van der Waals surface area contributed by atoms with Crippen LogP contribution in [0.3, 0.4) is 0 Å². The lowest BCUT2D eigenvalue weighted by Crippen LogP contribution is -2.27. The highest BCUT2D eigenvalue weighted by Crippen LogP contribution is 2.34. The second-order valence-corrected chi connectivity index (χ2v) is 7.14. The van der Waals surface area contributed by atoms with Crippen LogP contribution in [0.15, 0.2) is 53.4 Å². The van der Waals surface area contributed by atoms with Gasteiger partial charge in [-0.05, 0) is 29.3 Å². The number of amides is 1. The third kappa shape index (κ3) is 3.92. The normalized spacial score (nSPS) is 15.6. The van der Waals surface area contributed by atoms with Gasteiger partial charge in [-0.25, -0.2) is 0 Å². The Morgan fingerprint density at radius 3 is 2.65 bits per heavy atom. The van der Waals surface area contributed by atoms with Crippen LogP contribution in [0.5, 0.6) is 5.75 Å². The number of carbonyl (C=O) groups excluding carboxylic acids is 1. The molecule has 1 amide bonds. The van der Waals surface area contributed by atoms with Crippen molar-refractivity contribution in [2.75, 3.05) is 7.11 Å². The van der Waals surface area contributed by atoms with Crippen LogP contribution in [0.2, 0.25) is 0 Å². The summed E-state index contributed by atoms with van der Waals surface area (Å²) in [5, 5.41) is 10.9. The number of nitrogens with zero attached hydrogens (tertiary/aromatic N) is 2. The van der Waals surface area contributed by atoms with Gasteiger partial charge >= 0.3 is 0 Å². The highest BCUT2D eigenvalue weighted by atomic mass is 32.2. The smallest absolute Gasteiger partial charge is 0.270 e. The molecule has 0 N–H and O–H groups in total. The van der Waals surface area contributed by atoms with E-state index in [4.69, 9.17) is 17.0 Å². The van der Waals surface area contributed by atoms with E-state index in [1.54, 1.807) is 25.3 Å². The molecule has 0 spiro atoms. The first-order valence-electron chi connectivity index (χ1n) is 7.60. The van der Waals surface area contributed by atoms with E-state index in [1.807, 2.05) is 24.3 Å². The van der Waals surface area contributed by atoms with Gasteiger partial charge in [0, 0.05) is 12.1 Å². The SMILES string of the molecule is COc1ccc(CN2C(=O)/C(=C/c3cccc([N+](=O)[O-])c3)SC2=S)cc1. The number of ether oxygens (including phenoxy) is 1. The maximum atomic E-state index is 12.7. The fourth-order valence-corrected chi connectivity index (χ4v) is 3.68. The molecular weight excluding hydrogens is 372 g/mol. The molecule has 26 heavy (non-hydrogen) atoms. The first-order valence-corrected chi connectivity index (χ1v) is 8.83. The summed E-state index contributed by atoms with van der Waals surface area (Å²) < 4.78 is 5.58. The van der Waals surface area contributed by atoms with E-state index in [0.29, 0.717) is 21.3 Å². The fraction of sp³-hybridized carbons (Fsp3) is 0.111. The zero-order chi connectivity index (χ0) is 18.7. The van der Waals surface area contributed by atoms with Crippen molar-refractivity contribution in [3.8, 4) is 5.75 Å². The predicted molar refractivity (Wildman–Crippen MR) is 105 cm³/mol. The molecule has 0 radical (unpaired) electrons. The minimum atomic E-state index is -0.466. The van der Waals surface area contributed by atoms with E-state index in [9.17, 15) is 14.9 Å². The molecule has 132 valence electrons. The molecule has 1 aliphatic rings. The van der Waals surface area contributed by atoms with Crippen molar-refractivity contribution in [1.82, 2.24) is 4.90 Å². The number of methoxy groups -OCH3 is 1. The summed E-state index contributed by atoms with van der Waals surface area (Å²) in [7, 11) is 1.59. The van der Waals surface area contributed by atoms with Crippen molar-refractivity contribution in [2.45, 2.75) is 6.54 Å². The minimum absolute atomic E-state index is 0.0209. The van der Waals surface area contributed by atoms with Gasteiger partial charge in [0.25, 0.3) is 11.6 Å². The van der Waals surface area contributed by atoms with Crippen LogP contribution in [-0.2, 0) is 11.3 Å². The van der Waals surface area contributed by atoms with E-state index in [0.717, 1.165) is 11.3 Å². The number of thiocarbonyl (C=S) groups is 1. The van der Waals surface area contributed by atoms with E-state index >= 15 is 0 Å². The van der Waals surface area contributed by atoms with Gasteiger partial charge in [-0.3, -0.25) is 19.8 Å². The van der Waals surface area contributed by atoms with Crippen LogP contribution in [0.1, 0.15) is 11.1 Å². The summed E-state index contributed by atoms with van der Waals surface area (Å²) >= 11 is 6.51. The molecule has 8 heteroatoms. The molecule has 0 atom stereocenters. The van der Waals surface area contributed by atoms with Crippen molar-refractivity contribution in [2.24, 2.45) is 0 Å². The summed E-state index contributed by atoms with van der Waals surface area (Å²) in [5.74, 6) is 0.534. The number of carbonyl (C=O) groups is 1. The number of hydrogen-bond acceptors (Lipinski definition) is 6. The van der Waals surface area contributed by atoms with E-state index < -0.39 is 4.92 Å². The number of benzene rings is 2. The second-order valence-electron chi connectivity index (χ2n) is 5.47. The number of nitro benzene ring substituents is 1. The Balaban J connectivity index is 1.79. The molecule has 0 unspecified atom stereocenters. The summed E-state index contributed by atoms with van der Waals surface area (Å²) in [5.41, 5.74) is 1.50. The quantitative estimate of drug-likeness (QED) is 0.335. The molecule has 0 aromatic heterocycles. The largest absolute Gasteiger partial charge is 0.497 e. The molecular formula is C18H14N2O4S2. The highest BCUT2D eigenvalue weighted by molar-refractivity contribution is 8.26. The third-order valence-electron chi connectivity index (χ3n) is 3.75. The monoisotopic (exact) mass is 386 g/mol. The third-order valence-corrected chi connectivity index (χ3v) is 5.13. The first-order chi connectivity index (χ1) is 12.5. The molecule has 1 saturated heterocycles. The molecule has 0 aliphatic carbocycles. The standard InChI is InChI=1S/C18H14N2O4S2/c1-24-15-7-5-12(6-8-15)11-19-17(21)16(26-18(19)25)10-13-3-2-4-14(9-13)20(22)23/h2-10H,11H2,1H3/b16-10-. The molecule has 0 bridgehead atoms. The molecule has 0 saturated carbocycles. The van der Waals surface area contributed by atoms with Crippen LogP contribution in [0.4, 0.5) is 5.69 Å². The van der Waals surface area contributed by atoms with Crippen molar-refractivity contribution in [3.63, 3.8) is 0 Å². The highest BCUT2D eigenvalue weighted by Gasteiger charge is 2.32. The van der Waals surface area contributed by atoms with Gasteiger partial charge in [-0.2, -0.15) is 0 Å². The summed E-state index contributed by atoms with van der Waals surface area (Å²) in [6.07, 6.45) is 1.63. The van der Waals surface area contributed by atoms with Crippen LogP contribution in [0.25, 0.3) is 6.08 Å². The fourth-order valence-electron chi connectivity index (χ4n) is 2.43. The van der Waals surface area contributed by atoms with Gasteiger partial charge in [0.05, 0.1) is 23.5 Å². The molecule has 1 fully saturated rings. The Morgan fingerprint density at radius 2 is 2.00 bits per heavy atom. The number of thioether (sulfide) groups is 1. The Kier molecular flexibility index (Phi) is 5.34. The number of nitro groups is 1. The second kappa shape index (κ2) is 7.67. The molecule has 2 aromatic rings. The number of rotatable bonds is 5. The molecule has 3 rings (SSSR count). The van der Waals surface area contributed by atoms with Crippen LogP contribution >= 0.6 is 24.0 Å². The number of hydrogen-bond donors (Lipinski definition) is 0. The maximum Gasteiger partial charge on any atom is 0.270 e. The zero-order valence-corrected chi connectivity index (χ0v) is 15.4. The van der Waals surface area contributed by atoms with Crippen molar-refractivity contribution >= 4 is 46.0 Å². The van der Waals surface area contributed by atoms with E-state index in [2.05, 4.69) is 0 Å². The maximum absolute atomic E-state index is 12.7. The van der Waals surface area contributed by atoms with Gasteiger partial charge in [-0.15, -0.1) is 0 Å². The van der Waals surface area contributed by atoms with Gasteiger partial charge in [0.2, 0.25) is 0 Å². The Hall–Kier alpha value is -2.71. The predicted octanol–water partition coefficient (Wildman–Crippen LogP) is 4.00. The van der Waals surface area contributed by atoms with Gasteiger partial charge in [0.1, 0.15) is 10.1 Å². The van der Waals surface area contributed by atoms with Gasteiger partial charge in [0.15, 0.2) is 0 Å². The van der Waals surface area contributed by atoms with Crippen molar-refractivity contribution in [1.29, 1.82) is 0 Å². The molecule has 6 nitrogen and oxygen atoms in total. The summed E-state index contributed by atoms with van der Waals surface area (Å²) in [6, 6.07) is 13.5. The minimum Gasteiger partial charge on any atom is -0.497 e. The van der Waals surface area contributed by atoms with Crippen LogP contribution in [-0.4, -0.2) is 27.2 Å². The lowest BCUT2D eigenvalue weighted by atomic mass is 10.2. The lowest BCUT2D eigenvalue weighted by Gasteiger charge is -2.14. The Labute approximate surface area is 159 Å². The van der Waals surface area contributed by atoms with E-state index in [1.165, 1.54) is 28.8 Å². The average molecular weight is 386 g/mol. The van der Waals surface area contributed by atoms with Gasteiger partial charge in [-0.1, -0.05) is 48.2 Å². The van der Waals surface area contributed by atoms with Gasteiger partial charge < -0.3 is 4.74 Å². The van der Waals surface area contributed by atoms with E-state index in [-0.39, 0.29) is 11.6 Å². The Bertz CT molecular complexity index is 910. The average Bonchev–Trinajstić information content (AvgIpc) is 2.90. The lowest BCUT2D eigenvalue weighted by molar-refractivity contribution is -0.384. The number of non-ortho nitro benzene ring substituents is 1. The van der Waals surface area contributed by atoms with Crippen LogP contribution in [0, 0.1) is 10.1 Å². The van der Waals surface area contributed by atoms with Crippen LogP contribution < -0.4 is 4.74 Å². The van der Waals surface area contributed by atoms with Crippen molar-refractivity contribution < 1.29 is 14.5 Å². The topological polar surface area (TPSA) is 72.7 Å². The van der Waals surface area contributed by atoms with Crippen molar-refractivity contribution in [3.05, 3.63) is 74.7 Å². The molecule has 1 aliphatic heterocycles. The Morgan fingerprint density at radius 1 is 1.27 bits per heavy atom. The molecule has 1 heterocycles. The molecule has 2 aromatic carbocycles. The zero-order valence-electron chi connectivity index (χ0n) is 13.7. The first kappa shape index (κ1) is 18.1. The summed E-state index contributed by atoms with van der Waals surface area (Å²) in [4.78, 5) is 25.0.